The van der Waals surface area contributed by atoms with Crippen molar-refractivity contribution in [2.24, 2.45) is 0 Å². The Labute approximate surface area is 235 Å². The second kappa shape index (κ2) is 9.23. The Hall–Kier alpha value is -4.12. The molecule has 1 saturated heterocycles. The van der Waals surface area contributed by atoms with Gasteiger partial charge in [-0.2, -0.15) is 0 Å². The van der Waals surface area contributed by atoms with E-state index in [1.165, 1.54) is 0 Å². The van der Waals surface area contributed by atoms with Gasteiger partial charge in [-0.3, -0.25) is 0 Å². The molecule has 0 N–H and O–H groups in total. The van der Waals surface area contributed by atoms with Crippen molar-refractivity contribution in [2.75, 3.05) is 0 Å². The molecule has 0 spiro atoms. The molecule has 3 nitrogen and oxygen atoms in total. The second-order valence-corrected chi connectivity index (χ2v) is 11.6. The molecule has 0 radical (unpaired) electrons. The Balaban J connectivity index is 1.58. The SMILES string of the molecule is CC1(C)OB(c2cc(-c3ccccc3)cc(-c3cccc4c3oc3ccccc34)c2-c2ccccc2)OC1(C)C. The number of fused-ring (bicyclic) bond motifs is 3. The summed E-state index contributed by atoms with van der Waals surface area (Å²) < 4.78 is 19.9. The van der Waals surface area contributed by atoms with Gasteiger partial charge in [0, 0.05) is 16.3 Å². The van der Waals surface area contributed by atoms with E-state index < -0.39 is 18.3 Å². The predicted octanol–water partition coefficient (Wildman–Crippen LogP) is 8.89. The number of hydrogen-bond acceptors (Lipinski definition) is 3. The van der Waals surface area contributed by atoms with E-state index >= 15 is 0 Å². The Kier molecular flexibility index (Phi) is 5.74. The molecule has 0 bridgehead atoms. The van der Waals surface area contributed by atoms with Gasteiger partial charge >= 0.3 is 7.12 Å². The maximum absolute atomic E-state index is 6.68. The maximum atomic E-state index is 6.68. The van der Waals surface area contributed by atoms with Gasteiger partial charge in [0.2, 0.25) is 0 Å². The van der Waals surface area contributed by atoms with Gasteiger partial charge in [-0.05, 0) is 73.1 Å². The van der Waals surface area contributed by atoms with E-state index in [-0.39, 0.29) is 0 Å². The zero-order valence-electron chi connectivity index (χ0n) is 23.3. The molecule has 4 heteroatoms. The van der Waals surface area contributed by atoms with Crippen molar-refractivity contribution in [1.29, 1.82) is 0 Å². The van der Waals surface area contributed by atoms with E-state index in [2.05, 4.69) is 125 Å². The standard InChI is InChI=1S/C36H31BO3/c1-35(2)36(3,4)40-37(39-35)31-23-26(24-14-7-5-8-15-24)22-30(33(31)25-16-9-6-10-17-25)29-20-13-19-28-27-18-11-12-21-32(27)38-34(28)29/h5-23H,1-4H3. The summed E-state index contributed by atoms with van der Waals surface area (Å²) >= 11 is 0. The van der Waals surface area contributed by atoms with E-state index in [0.29, 0.717) is 0 Å². The average Bonchev–Trinajstić information content (AvgIpc) is 3.46. The Morgan fingerprint density at radius 3 is 1.82 bits per heavy atom. The smallest absolute Gasteiger partial charge is 0.455 e. The lowest BCUT2D eigenvalue weighted by atomic mass is 9.71. The molecule has 0 atom stereocenters. The topological polar surface area (TPSA) is 31.6 Å². The van der Waals surface area contributed by atoms with Gasteiger partial charge in [0.05, 0.1) is 11.2 Å². The lowest BCUT2D eigenvalue weighted by molar-refractivity contribution is 0.00578. The molecule has 40 heavy (non-hydrogen) atoms. The normalized spacial score (nSPS) is 16.1. The summed E-state index contributed by atoms with van der Waals surface area (Å²) in [6.07, 6.45) is 0. The lowest BCUT2D eigenvalue weighted by Crippen LogP contribution is -2.41. The molecule has 2 heterocycles. The molecular weight excluding hydrogens is 491 g/mol. The van der Waals surface area contributed by atoms with Crippen LogP contribution in [0.25, 0.3) is 55.3 Å². The van der Waals surface area contributed by atoms with Crippen molar-refractivity contribution in [2.45, 2.75) is 38.9 Å². The molecule has 0 unspecified atom stereocenters. The number of para-hydroxylation sites is 2. The highest BCUT2D eigenvalue weighted by Gasteiger charge is 2.52. The molecule has 7 rings (SSSR count). The molecule has 0 amide bonds. The largest absolute Gasteiger partial charge is 0.495 e. The zero-order valence-corrected chi connectivity index (χ0v) is 23.3. The van der Waals surface area contributed by atoms with E-state index in [0.717, 1.165) is 60.8 Å². The van der Waals surface area contributed by atoms with Crippen molar-refractivity contribution < 1.29 is 13.7 Å². The van der Waals surface area contributed by atoms with Crippen molar-refractivity contribution in [3.8, 4) is 33.4 Å². The van der Waals surface area contributed by atoms with Gasteiger partial charge in [-0.25, -0.2) is 0 Å². The molecule has 0 aliphatic carbocycles. The average molecular weight is 522 g/mol. The van der Waals surface area contributed by atoms with Crippen LogP contribution in [0.2, 0.25) is 0 Å². The molecule has 1 aliphatic rings. The van der Waals surface area contributed by atoms with Gasteiger partial charge in [0.25, 0.3) is 0 Å². The Bertz CT molecular complexity index is 1840. The zero-order chi connectivity index (χ0) is 27.5. The monoisotopic (exact) mass is 522 g/mol. The summed E-state index contributed by atoms with van der Waals surface area (Å²) in [7, 11) is -0.530. The van der Waals surface area contributed by atoms with Gasteiger partial charge in [-0.15, -0.1) is 0 Å². The maximum Gasteiger partial charge on any atom is 0.495 e. The van der Waals surface area contributed by atoms with E-state index in [1.54, 1.807) is 0 Å². The fourth-order valence-corrected chi connectivity index (χ4v) is 5.72. The first-order valence-corrected chi connectivity index (χ1v) is 13.9. The molecule has 6 aromatic rings. The number of rotatable bonds is 4. The van der Waals surface area contributed by atoms with Crippen LogP contribution in [0.5, 0.6) is 0 Å². The summed E-state index contributed by atoms with van der Waals surface area (Å²) in [4.78, 5) is 0. The van der Waals surface area contributed by atoms with Crippen LogP contribution in [0.4, 0.5) is 0 Å². The van der Waals surface area contributed by atoms with Gasteiger partial charge < -0.3 is 13.7 Å². The number of benzene rings is 5. The first-order chi connectivity index (χ1) is 19.3. The summed E-state index contributed by atoms with van der Waals surface area (Å²) in [6, 6.07) is 40.2. The van der Waals surface area contributed by atoms with E-state index in [9.17, 15) is 0 Å². The fourth-order valence-electron chi connectivity index (χ4n) is 5.72. The van der Waals surface area contributed by atoms with Gasteiger partial charge in [0.1, 0.15) is 11.2 Å². The summed E-state index contributed by atoms with van der Waals surface area (Å²) in [6.45, 7) is 8.41. The van der Waals surface area contributed by atoms with Crippen LogP contribution in [-0.4, -0.2) is 18.3 Å². The fraction of sp³-hybridized carbons (Fsp3) is 0.167. The minimum Gasteiger partial charge on any atom is -0.455 e. The minimum atomic E-state index is -0.530. The second-order valence-electron chi connectivity index (χ2n) is 11.6. The number of furan rings is 1. The van der Waals surface area contributed by atoms with Crippen molar-refractivity contribution in [3.05, 3.63) is 115 Å². The van der Waals surface area contributed by atoms with Crippen LogP contribution in [0, 0.1) is 0 Å². The quantitative estimate of drug-likeness (QED) is 0.217. The van der Waals surface area contributed by atoms with Crippen molar-refractivity contribution in [3.63, 3.8) is 0 Å². The third kappa shape index (κ3) is 3.99. The van der Waals surface area contributed by atoms with Crippen molar-refractivity contribution >= 4 is 34.5 Å². The summed E-state index contributed by atoms with van der Waals surface area (Å²) in [5.74, 6) is 0. The third-order valence-corrected chi connectivity index (χ3v) is 8.54. The first kappa shape index (κ1) is 24.9. The Morgan fingerprint density at radius 2 is 1.12 bits per heavy atom. The minimum absolute atomic E-state index is 0.465. The van der Waals surface area contributed by atoms with Crippen LogP contribution >= 0.6 is 0 Å². The highest BCUT2D eigenvalue weighted by molar-refractivity contribution is 6.64. The molecule has 1 aromatic heterocycles. The highest BCUT2D eigenvalue weighted by atomic mass is 16.7. The number of hydrogen-bond donors (Lipinski definition) is 0. The third-order valence-electron chi connectivity index (χ3n) is 8.54. The molecular formula is C36H31BO3. The molecule has 5 aromatic carbocycles. The van der Waals surface area contributed by atoms with E-state index in [4.69, 9.17) is 13.7 Å². The highest BCUT2D eigenvalue weighted by Crippen LogP contribution is 2.43. The van der Waals surface area contributed by atoms with Crippen LogP contribution < -0.4 is 5.46 Å². The van der Waals surface area contributed by atoms with Gasteiger partial charge in [-0.1, -0.05) is 103 Å². The van der Waals surface area contributed by atoms with Crippen LogP contribution in [0.1, 0.15) is 27.7 Å². The lowest BCUT2D eigenvalue weighted by Gasteiger charge is -2.32. The summed E-state index contributed by atoms with van der Waals surface area (Å²) in [5, 5.41) is 2.22. The van der Waals surface area contributed by atoms with Crippen LogP contribution in [0.15, 0.2) is 120 Å². The first-order valence-electron chi connectivity index (χ1n) is 13.9. The Morgan fingerprint density at radius 1 is 0.525 bits per heavy atom. The van der Waals surface area contributed by atoms with Gasteiger partial charge in [0.15, 0.2) is 0 Å². The predicted molar refractivity (Wildman–Crippen MR) is 166 cm³/mol. The van der Waals surface area contributed by atoms with Crippen LogP contribution in [-0.2, 0) is 9.31 Å². The van der Waals surface area contributed by atoms with Crippen molar-refractivity contribution in [1.82, 2.24) is 0 Å². The van der Waals surface area contributed by atoms with E-state index in [1.807, 2.05) is 18.2 Å². The summed E-state index contributed by atoms with van der Waals surface area (Å²) in [5.41, 5.74) is 8.41. The molecule has 196 valence electrons. The van der Waals surface area contributed by atoms with Crippen LogP contribution in [0.3, 0.4) is 0 Å². The molecule has 1 fully saturated rings. The molecule has 0 saturated carbocycles. The molecule has 1 aliphatic heterocycles.